The third-order valence-electron chi connectivity index (χ3n) is 4.60. The molecule has 0 bridgehead atoms. The molecule has 1 aromatic carbocycles. The van der Waals surface area contributed by atoms with Crippen molar-refractivity contribution >= 4 is 34.3 Å². The van der Waals surface area contributed by atoms with Gasteiger partial charge in [-0.05, 0) is 42.4 Å². The van der Waals surface area contributed by atoms with Gasteiger partial charge in [-0.2, -0.15) is 5.26 Å². The Balaban J connectivity index is 1.92. The number of rotatable bonds is 4. The first kappa shape index (κ1) is 18.9. The highest BCUT2D eigenvalue weighted by atomic mass is 32.1. The summed E-state index contributed by atoms with van der Waals surface area (Å²) in [7, 11) is 1.33. The van der Waals surface area contributed by atoms with Crippen molar-refractivity contribution in [2.24, 2.45) is 5.92 Å². The Bertz CT molecular complexity index is 938. The summed E-state index contributed by atoms with van der Waals surface area (Å²) in [5, 5.41) is 12.6. The zero-order valence-electron chi connectivity index (χ0n) is 15.2. The minimum Gasteiger partial charge on any atom is -0.465 e. The van der Waals surface area contributed by atoms with Crippen LogP contribution in [0.2, 0.25) is 0 Å². The van der Waals surface area contributed by atoms with E-state index in [2.05, 4.69) is 12.2 Å². The van der Waals surface area contributed by atoms with E-state index < -0.39 is 11.9 Å². The molecule has 27 heavy (non-hydrogen) atoms. The second kappa shape index (κ2) is 8.19. The number of nitrogens with zero attached hydrogens (tertiary/aromatic N) is 1. The lowest BCUT2D eigenvalue weighted by atomic mass is 9.88. The average Bonchev–Trinajstić information content (AvgIpc) is 3.02. The fourth-order valence-electron chi connectivity index (χ4n) is 3.19. The number of carbonyl (C=O) groups excluding carboxylic acids is 2. The van der Waals surface area contributed by atoms with Gasteiger partial charge >= 0.3 is 5.97 Å². The molecular formula is C21H20N2O3S. The van der Waals surface area contributed by atoms with Crippen molar-refractivity contribution in [3.8, 4) is 6.07 Å². The molecule has 0 saturated heterocycles. The molecule has 1 amide bonds. The van der Waals surface area contributed by atoms with E-state index in [1.807, 2.05) is 36.4 Å². The number of carbonyl (C=O) groups is 2. The number of nitrogens with one attached hydrogen (secondary N) is 1. The van der Waals surface area contributed by atoms with Crippen molar-refractivity contribution in [2.45, 2.75) is 26.2 Å². The zero-order valence-corrected chi connectivity index (χ0v) is 16.1. The van der Waals surface area contributed by atoms with Crippen LogP contribution in [0.3, 0.4) is 0 Å². The molecule has 0 fully saturated rings. The normalized spacial score (nSPS) is 16.2. The summed E-state index contributed by atoms with van der Waals surface area (Å²) in [6.45, 7) is 2.18. The maximum Gasteiger partial charge on any atom is 0.341 e. The van der Waals surface area contributed by atoms with Crippen LogP contribution < -0.4 is 5.32 Å². The summed E-state index contributed by atoms with van der Waals surface area (Å²) in [5.41, 5.74) is 2.13. The van der Waals surface area contributed by atoms with E-state index >= 15 is 0 Å². The van der Waals surface area contributed by atoms with Crippen LogP contribution in [-0.2, 0) is 22.4 Å². The van der Waals surface area contributed by atoms with Gasteiger partial charge in [-0.25, -0.2) is 4.79 Å². The Kier molecular flexibility index (Phi) is 5.72. The molecule has 1 atom stereocenters. The number of hydrogen-bond donors (Lipinski definition) is 1. The van der Waals surface area contributed by atoms with Crippen LogP contribution in [0.25, 0.3) is 6.08 Å². The summed E-state index contributed by atoms with van der Waals surface area (Å²) in [6.07, 6.45) is 4.20. The predicted octanol–water partition coefficient (Wildman–Crippen LogP) is 4.21. The number of nitriles is 1. The van der Waals surface area contributed by atoms with Crippen molar-refractivity contribution in [2.75, 3.05) is 12.4 Å². The van der Waals surface area contributed by atoms with Gasteiger partial charge in [0.25, 0.3) is 5.91 Å². The molecule has 1 aliphatic rings. The quantitative estimate of drug-likeness (QED) is 0.490. The van der Waals surface area contributed by atoms with E-state index in [1.165, 1.54) is 24.5 Å². The Labute approximate surface area is 162 Å². The number of anilines is 1. The maximum absolute atomic E-state index is 12.6. The Morgan fingerprint density at radius 1 is 1.33 bits per heavy atom. The van der Waals surface area contributed by atoms with Crippen LogP contribution in [0.15, 0.2) is 35.9 Å². The lowest BCUT2D eigenvalue weighted by molar-refractivity contribution is -0.112. The summed E-state index contributed by atoms with van der Waals surface area (Å²) >= 11 is 1.40. The standard InChI is InChI=1S/C21H20N2O3S/c1-13-8-9-16-17(10-13)27-20(18(16)21(25)26-2)23-19(24)15(12-22)11-14-6-4-3-5-7-14/h3-7,11,13H,8-10H2,1-2H3,(H,23,24). The smallest absolute Gasteiger partial charge is 0.341 e. The van der Waals surface area contributed by atoms with Gasteiger partial charge in [0, 0.05) is 4.88 Å². The van der Waals surface area contributed by atoms with E-state index in [4.69, 9.17) is 4.74 Å². The van der Waals surface area contributed by atoms with Crippen molar-refractivity contribution in [1.82, 2.24) is 0 Å². The molecule has 1 heterocycles. The highest BCUT2D eigenvalue weighted by Gasteiger charge is 2.29. The minimum atomic E-state index is -0.529. The second-order valence-electron chi connectivity index (χ2n) is 6.58. The molecule has 3 rings (SSSR count). The number of esters is 1. The first-order chi connectivity index (χ1) is 13.0. The number of amides is 1. The van der Waals surface area contributed by atoms with Crippen LogP contribution in [0.4, 0.5) is 5.00 Å². The summed E-state index contributed by atoms with van der Waals surface area (Å²) in [6, 6.07) is 11.1. The predicted molar refractivity (Wildman–Crippen MR) is 106 cm³/mol. The third-order valence-corrected chi connectivity index (χ3v) is 5.77. The first-order valence-corrected chi connectivity index (χ1v) is 9.56. The van der Waals surface area contributed by atoms with Crippen LogP contribution >= 0.6 is 11.3 Å². The molecule has 0 aliphatic heterocycles. The molecule has 0 saturated carbocycles. The summed E-state index contributed by atoms with van der Waals surface area (Å²) in [4.78, 5) is 26.1. The molecular weight excluding hydrogens is 360 g/mol. The van der Waals surface area contributed by atoms with Gasteiger partial charge in [0.05, 0.1) is 12.7 Å². The van der Waals surface area contributed by atoms with Crippen molar-refractivity contribution < 1.29 is 14.3 Å². The molecule has 2 aromatic rings. The number of hydrogen-bond acceptors (Lipinski definition) is 5. The monoisotopic (exact) mass is 380 g/mol. The van der Waals surface area contributed by atoms with Crippen molar-refractivity contribution in [1.29, 1.82) is 5.26 Å². The number of benzene rings is 1. The number of methoxy groups -OCH3 is 1. The maximum atomic E-state index is 12.6. The van der Waals surface area contributed by atoms with E-state index in [0.717, 1.165) is 35.3 Å². The molecule has 5 nitrogen and oxygen atoms in total. The lowest BCUT2D eigenvalue weighted by Gasteiger charge is -2.18. The van der Waals surface area contributed by atoms with Crippen LogP contribution in [0.1, 0.15) is 39.7 Å². The van der Waals surface area contributed by atoms with Crippen LogP contribution in [0, 0.1) is 17.2 Å². The SMILES string of the molecule is COC(=O)c1c(NC(=O)C(C#N)=Cc2ccccc2)sc2c1CCC(C)C2. The Morgan fingerprint density at radius 3 is 2.74 bits per heavy atom. The van der Waals surface area contributed by atoms with E-state index in [-0.39, 0.29) is 5.57 Å². The molecule has 1 unspecified atom stereocenters. The molecule has 1 aliphatic carbocycles. The molecule has 138 valence electrons. The number of thiophene rings is 1. The molecule has 0 spiro atoms. The zero-order chi connectivity index (χ0) is 19.4. The minimum absolute atomic E-state index is 0.0169. The molecule has 0 radical (unpaired) electrons. The van der Waals surface area contributed by atoms with Gasteiger partial charge < -0.3 is 10.1 Å². The second-order valence-corrected chi connectivity index (χ2v) is 7.69. The van der Waals surface area contributed by atoms with E-state index in [1.54, 1.807) is 0 Å². The van der Waals surface area contributed by atoms with Crippen molar-refractivity contribution in [3.63, 3.8) is 0 Å². The van der Waals surface area contributed by atoms with E-state index in [0.29, 0.717) is 16.5 Å². The third kappa shape index (κ3) is 4.09. The molecule has 1 N–H and O–H groups in total. The van der Waals surface area contributed by atoms with Gasteiger partial charge in [-0.15, -0.1) is 11.3 Å². The molecule has 6 heteroatoms. The molecule has 1 aromatic heterocycles. The van der Waals surface area contributed by atoms with Gasteiger partial charge in [0.1, 0.15) is 16.6 Å². The van der Waals surface area contributed by atoms with Crippen molar-refractivity contribution in [3.05, 3.63) is 57.5 Å². The lowest BCUT2D eigenvalue weighted by Crippen LogP contribution is -2.16. The van der Waals surface area contributed by atoms with Gasteiger partial charge in [0.2, 0.25) is 0 Å². The van der Waals surface area contributed by atoms with E-state index in [9.17, 15) is 14.9 Å². The van der Waals surface area contributed by atoms with Crippen LogP contribution in [-0.4, -0.2) is 19.0 Å². The largest absolute Gasteiger partial charge is 0.465 e. The fourth-order valence-corrected chi connectivity index (χ4v) is 4.59. The highest BCUT2D eigenvalue weighted by molar-refractivity contribution is 7.17. The topological polar surface area (TPSA) is 79.2 Å². The Morgan fingerprint density at radius 2 is 2.07 bits per heavy atom. The number of ether oxygens (including phenoxy) is 1. The highest BCUT2D eigenvalue weighted by Crippen LogP contribution is 2.40. The van der Waals surface area contributed by atoms with Crippen LogP contribution in [0.5, 0.6) is 0 Å². The van der Waals surface area contributed by atoms with Gasteiger partial charge in [-0.1, -0.05) is 37.3 Å². The Hall–Kier alpha value is -2.91. The summed E-state index contributed by atoms with van der Waals surface area (Å²) in [5.74, 6) is -0.445. The van der Waals surface area contributed by atoms with Gasteiger partial charge in [-0.3, -0.25) is 4.79 Å². The number of fused-ring (bicyclic) bond motifs is 1. The first-order valence-electron chi connectivity index (χ1n) is 8.74. The summed E-state index contributed by atoms with van der Waals surface area (Å²) < 4.78 is 4.93. The average molecular weight is 380 g/mol. The fraction of sp³-hybridized carbons (Fsp3) is 0.286. The van der Waals surface area contributed by atoms with Gasteiger partial charge in [0.15, 0.2) is 0 Å².